The standard InChI is InChI=1S/C11H15N3O3/c1-3-14(7-10(15)16)11(17)13-9-4-8(2)5-12-6-9/h4-6H,3,7H2,1-2H3,(H,13,17)(H,15,16). The van der Waals surface area contributed by atoms with E-state index in [1.54, 1.807) is 19.2 Å². The fourth-order valence-corrected chi connectivity index (χ4v) is 1.32. The van der Waals surface area contributed by atoms with E-state index in [4.69, 9.17) is 5.11 Å². The molecule has 1 aromatic rings. The number of carbonyl (C=O) groups excluding carboxylic acids is 1. The molecule has 0 aliphatic heterocycles. The Kier molecular flexibility index (Phi) is 4.45. The molecule has 2 amide bonds. The number of pyridine rings is 1. The molecule has 0 atom stereocenters. The van der Waals surface area contributed by atoms with Crippen LogP contribution in [0.4, 0.5) is 10.5 Å². The van der Waals surface area contributed by atoms with Crippen molar-refractivity contribution in [2.45, 2.75) is 13.8 Å². The minimum absolute atomic E-state index is 0.318. The Labute approximate surface area is 99.3 Å². The first-order valence-corrected chi connectivity index (χ1v) is 5.22. The van der Waals surface area contributed by atoms with Crippen LogP contribution in [-0.4, -0.2) is 40.1 Å². The van der Waals surface area contributed by atoms with Crippen LogP contribution in [0.2, 0.25) is 0 Å². The Balaban J connectivity index is 2.67. The van der Waals surface area contributed by atoms with E-state index in [2.05, 4.69) is 10.3 Å². The van der Waals surface area contributed by atoms with Gasteiger partial charge in [0.15, 0.2) is 0 Å². The summed E-state index contributed by atoms with van der Waals surface area (Å²) in [5, 5.41) is 11.2. The van der Waals surface area contributed by atoms with Gasteiger partial charge in [0.25, 0.3) is 0 Å². The molecule has 0 fully saturated rings. The Morgan fingerprint density at radius 2 is 2.18 bits per heavy atom. The third-order valence-corrected chi connectivity index (χ3v) is 2.12. The molecule has 6 heteroatoms. The first-order chi connectivity index (χ1) is 8.02. The summed E-state index contributed by atoms with van der Waals surface area (Å²) in [7, 11) is 0. The van der Waals surface area contributed by atoms with Gasteiger partial charge in [0, 0.05) is 12.7 Å². The Hall–Kier alpha value is -2.11. The Morgan fingerprint density at radius 1 is 1.47 bits per heavy atom. The lowest BCUT2D eigenvalue weighted by molar-refractivity contribution is -0.137. The van der Waals surface area contributed by atoms with Crippen LogP contribution in [0.3, 0.4) is 0 Å². The van der Waals surface area contributed by atoms with Gasteiger partial charge in [-0.1, -0.05) is 0 Å². The second-order valence-corrected chi connectivity index (χ2v) is 3.59. The van der Waals surface area contributed by atoms with Crippen molar-refractivity contribution in [1.29, 1.82) is 0 Å². The Bertz CT molecular complexity index is 420. The highest BCUT2D eigenvalue weighted by Gasteiger charge is 2.14. The summed E-state index contributed by atoms with van der Waals surface area (Å²) in [6.45, 7) is 3.59. The molecule has 2 N–H and O–H groups in total. The number of hydrogen-bond acceptors (Lipinski definition) is 3. The summed E-state index contributed by atoms with van der Waals surface area (Å²) in [6.07, 6.45) is 3.18. The monoisotopic (exact) mass is 237 g/mol. The molecule has 0 saturated heterocycles. The minimum atomic E-state index is -1.04. The van der Waals surface area contributed by atoms with Crippen LogP contribution < -0.4 is 5.32 Å². The maximum absolute atomic E-state index is 11.7. The molecule has 0 aliphatic carbocycles. The summed E-state index contributed by atoms with van der Waals surface area (Å²) in [5.41, 5.74) is 1.47. The number of amides is 2. The average molecular weight is 237 g/mol. The second-order valence-electron chi connectivity index (χ2n) is 3.59. The lowest BCUT2D eigenvalue weighted by Gasteiger charge is -2.19. The van der Waals surface area contributed by atoms with E-state index in [0.29, 0.717) is 12.2 Å². The van der Waals surface area contributed by atoms with E-state index in [9.17, 15) is 9.59 Å². The SMILES string of the molecule is CCN(CC(=O)O)C(=O)Nc1cncc(C)c1. The molecule has 0 unspecified atom stereocenters. The average Bonchev–Trinajstić information content (AvgIpc) is 2.25. The van der Waals surface area contributed by atoms with Crippen molar-refractivity contribution < 1.29 is 14.7 Å². The zero-order valence-corrected chi connectivity index (χ0v) is 9.80. The van der Waals surface area contributed by atoms with Crippen LogP contribution in [-0.2, 0) is 4.79 Å². The van der Waals surface area contributed by atoms with E-state index >= 15 is 0 Å². The van der Waals surface area contributed by atoms with Crippen molar-refractivity contribution in [1.82, 2.24) is 9.88 Å². The first kappa shape index (κ1) is 13.0. The molecule has 0 bridgehead atoms. The minimum Gasteiger partial charge on any atom is -0.480 e. The smallest absolute Gasteiger partial charge is 0.323 e. The predicted octanol–water partition coefficient (Wildman–Crippen LogP) is 1.33. The number of carboxylic acids is 1. The van der Waals surface area contributed by atoms with Crippen molar-refractivity contribution in [2.75, 3.05) is 18.4 Å². The zero-order valence-electron chi connectivity index (χ0n) is 9.80. The number of nitrogens with zero attached hydrogens (tertiary/aromatic N) is 2. The molecular weight excluding hydrogens is 222 g/mol. The third-order valence-electron chi connectivity index (χ3n) is 2.12. The maximum Gasteiger partial charge on any atom is 0.323 e. The second kappa shape index (κ2) is 5.83. The first-order valence-electron chi connectivity index (χ1n) is 5.22. The van der Waals surface area contributed by atoms with Crippen LogP contribution >= 0.6 is 0 Å². The van der Waals surface area contributed by atoms with Gasteiger partial charge in [0.1, 0.15) is 6.54 Å². The van der Waals surface area contributed by atoms with Crippen LogP contribution in [0.25, 0.3) is 0 Å². The van der Waals surface area contributed by atoms with Gasteiger partial charge >= 0.3 is 12.0 Å². The van der Waals surface area contributed by atoms with Gasteiger partial charge in [-0.2, -0.15) is 0 Å². The van der Waals surface area contributed by atoms with Crippen LogP contribution in [0.15, 0.2) is 18.5 Å². The number of aromatic nitrogens is 1. The number of anilines is 1. The van der Waals surface area contributed by atoms with Gasteiger partial charge in [0.2, 0.25) is 0 Å². The van der Waals surface area contributed by atoms with Gasteiger partial charge in [-0.05, 0) is 25.5 Å². The fourth-order valence-electron chi connectivity index (χ4n) is 1.32. The van der Waals surface area contributed by atoms with Gasteiger partial charge in [-0.25, -0.2) is 4.79 Å². The topological polar surface area (TPSA) is 82.5 Å². The summed E-state index contributed by atoms with van der Waals surface area (Å²) in [5.74, 6) is -1.04. The van der Waals surface area contributed by atoms with E-state index < -0.39 is 12.0 Å². The van der Waals surface area contributed by atoms with E-state index in [-0.39, 0.29) is 6.54 Å². The highest BCUT2D eigenvalue weighted by molar-refractivity contribution is 5.91. The van der Waals surface area contributed by atoms with Crippen LogP contribution in [0.1, 0.15) is 12.5 Å². The fraction of sp³-hybridized carbons (Fsp3) is 0.364. The molecule has 0 aromatic carbocycles. The van der Waals surface area contributed by atoms with Crippen molar-refractivity contribution in [3.63, 3.8) is 0 Å². The number of urea groups is 1. The molecule has 92 valence electrons. The molecule has 1 aromatic heterocycles. The summed E-state index contributed by atoms with van der Waals surface area (Å²) < 4.78 is 0. The number of nitrogens with one attached hydrogen (secondary N) is 1. The van der Waals surface area contributed by atoms with Crippen molar-refractivity contribution in [2.24, 2.45) is 0 Å². The van der Waals surface area contributed by atoms with E-state index in [0.717, 1.165) is 5.56 Å². The van der Waals surface area contributed by atoms with Crippen molar-refractivity contribution in [3.8, 4) is 0 Å². The highest BCUT2D eigenvalue weighted by atomic mass is 16.4. The largest absolute Gasteiger partial charge is 0.480 e. The number of aliphatic carboxylic acids is 1. The molecule has 17 heavy (non-hydrogen) atoms. The van der Waals surface area contributed by atoms with Gasteiger partial charge < -0.3 is 15.3 Å². The third kappa shape index (κ3) is 4.10. The quantitative estimate of drug-likeness (QED) is 0.827. The Morgan fingerprint density at radius 3 is 2.71 bits per heavy atom. The molecule has 1 heterocycles. The van der Waals surface area contributed by atoms with Gasteiger partial charge in [-0.15, -0.1) is 0 Å². The molecule has 0 radical (unpaired) electrons. The van der Waals surface area contributed by atoms with Gasteiger partial charge in [-0.3, -0.25) is 9.78 Å². The number of aryl methyl sites for hydroxylation is 1. The molecular formula is C11H15N3O3. The van der Waals surface area contributed by atoms with E-state index in [1.165, 1.54) is 11.1 Å². The maximum atomic E-state index is 11.7. The lowest BCUT2D eigenvalue weighted by Crippen LogP contribution is -2.38. The van der Waals surface area contributed by atoms with Crippen molar-refractivity contribution >= 4 is 17.7 Å². The molecule has 0 aliphatic rings. The van der Waals surface area contributed by atoms with Crippen LogP contribution in [0.5, 0.6) is 0 Å². The zero-order chi connectivity index (χ0) is 12.8. The summed E-state index contributed by atoms with van der Waals surface area (Å²) in [4.78, 5) is 27.4. The van der Waals surface area contributed by atoms with Crippen molar-refractivity contribution in [3.05, 3.63) is 24.0 Å². The molecule has 6 nitrogen and oxygen atoms in total. The number of carbonyl (C=O) groups is 2. The number of carboxylic acid groups (broad SMARTS) is 1. The number of hydrogen-bond donors (Lipinski definition) is 2. The molecule has 0 saturated carbocycles. The van der Waals surface area contributed by atoms with E-state index in [1.807, 2.05) is 6.92 Å². The molecule has 0 spiro atoms. The molecule has 1 rings (SSSR count). The predicted molar refractivity (Wildman–Crippen MR) is 62.9 cm³/mol. The van der Waals surface area contributed by atoms with Gasteiger partial charge in [0.05, 0.1) is 11.9 Å². The highest BCUT2D eigenvalue weighted by Crippen LogP contribution is 2.08. The summed E-state index contributed by atoms with van der Waals surface area (Å²) in [6, 6.07) is 1.32. The number of rotatable bonds is 4. The normalized spacial score (nSPS) is 9.76. The number of likely N-dealkylation sites (N-methyl/N-ethyl adjacent to an activating group) is 1. The summed E-state index contributed by atoms with van der Waals surface area (Å²) >= 11 is 0. The van der Waals surface area contributed by atoms with Crippen LogP contribution in [0, 0.1) is 6.92 Å². The lowest BCUT2D eigenvalue weighted by atomic mass is 10.3.